The van der Waals surface area contributed by atoms with Crippen molar-refractivity contribution in [2.75, 3.05) is 31.1 Å². The van der Waals surface area contributed by atoms with Crippen LogP contribution in [0.1, 0.15) is 29.4 Å². The highest BCUT2D eigenvalue weighted by molar-refractivity contribution is 6.33. The number of H-pyrrole nitrogens is 1. The maximum Gasteiger partial charge on any atom is 0.272 e. The van der Waals surface area contributed by atoms with Gasteiger partial charge in [0.25, 0.3) is 11.8 Å². The van der Waals surface area contributed by atoms with Crippen molar-refractivity contribution in [3.8, 4) is 0 Å². The smallest absolute Gasteiger partial charge is 0.272 e. The van der Waals surface area contributed by atoms with Gasteiger partial charge in [-0.15, -0.1) is 0 Å². The quantitative estimate of drug-likeness (QED) is 0.557. The standard InChI is InChI=1S/C23H21ClF2N6O3/c1-22(25,26)11-27-18(33)10-32-17-4-2-3-13(24)19(17)23(21(32)35)7-8-31(12-23)20(34)15-6-5-14-16(29-15)9-28-30-14/h2-6,9H,7-8,10-12H2,1H3,(H,27,33)(H,28,30). The minimum Gasteiger partial charge on any atom is -0.349 e. The van der Waals surface area contributed by atoms with Gasteiger partial charge in [0.2, 0.25) is 11.8 Å². The normalized spacial score (nSPS) is 19.6. The number of rotatable bonds is 5. The Morgan fingerprint density at radius 1 is 1.29 bits per heavy atom. The van der Waals surface area contributed by atoms with E-state index in [-0.39, 0.29) is 24.7 Å². The monoisotopic (exact) mass is 502 g/mol. The third kappa shape index (κ3) is 3.99. The molecule has 5 rings (SSSR count). The van der Waals surface area contributed by atoms with Crippen LogP contribution in [-0.4, -0.2) is 69.9 Å². The Morgan fingerprint density at radius 2 is 2.09 bits per heavy atom. The van der Waals surface area contributed by atoms with Gasteiger partial charge in [-0.3, -0.25) is 19.5 Å². The SMILES string of the molecule is CC(F)(F)CNC(=O)CN1C(=O)C2(CCN(C(=O)c3ccc4[nH]ncc4n3)C2)c2c(Cl)cccc21. The fourth-order valence-electron chi connectivity index (χ4n) is 4.77. The van der Waals surface area contributed by atoms with E-state index in [2.05, 4.69) is 20.5 Å². The molecule has 2 N–H and O–H groups in total. The van der Waals surface area contributed by atoms with Crippen LogP contribution in [0.2, 0.25) is 5.02 Å². The Labute approximate surface area is 203 Å². The number of amides is 3. The molecule has 2 aliphatic rings. The summed E-state index contributed by atoms with van der Waals surface area (Å²) in [6.45, 7) is -0.240. The molecule has 182 valence electrons. The van der Waals surface area contributed by atoms with E-state index >= 15 is 0 Å². The Balaban J connectivity index is 1.42. The van der Waals surface area contributed by atoms with Gasteiger partial charge in [0, 0.05) is 30.6 Å². The number of alkyl halides is 2. The average Bonchev–Trinajstić information content (AvgIpc) is 3.51. The second-order valence-electron chi connectivity index (χ2n) is 8.93. The van der Waals surface area contributed by atoms with Crippen LogP contribution in [0.25, 0.3) is 11.0 Å². The summed E-state index contributed by atoms with van der Waals surface area (Å²) in [4.78, 5) is 46.5. The van der Waals surface area contributed by atoms with Crippen LogP contribution in [0.3, 0.4) is 0 Å². The molecule has 1 aromatic carbocycles. The van der Waals surface area contributed by atoms with Gasteiger partial charge in [-0.05, 0) is 30.7 Å². The molecule has 9 nitrogen and oxygen atoms in total. The van der Waals surface area contributed by atoms with Gasteiger partial charge in [0.1, 0.15) is 17.8 Å². The Bertz CT molecular complexity index is 1360. The number of carbonyl (C=O) groups excluding carboxylic acids is 3. The van der Waals surface area contributed by atoms with E-state index in [0.29, 0.717) is 40.7 Å². The van der Waals surface area contributed by atoms with Crippen molar-refractivity contribution in [2.45, 2.75) is 24.7 Å². The maximum absolute atomic E-state index is 13.7. The van der Waals surface area contributed by atoms with E-state index in [0.717, 1.165) is 0 Å². The van der Waals surface area contributed by atoms with Crippen LogP contribution in [0.4, 0.5) is 14.5 Å². The number of hydrogen-bond donors (Lipinski definition) is 2. The fraction of sp³-hybridized carbons (Fsp3) is 0.348. The predicted molar refractivity (Wildman–Crippen MR) is 124 cm³/mol. The largest absolute Gasteiger partial charge is 0.349 e. The zero-order valence-electron chi connectivity index (χ0n) is 18.6. The van der Waals surface area contributed by atoms with Crippen LogP contribution in [0, 0.1) is 0 Å². The molecule has 3 amide bonds. The molecule has 0 radical (unpaired) electrons. The molecule has 12 heteroatoms. The van der Waals surface area contributed by atoms with Gasteiger partial charge in [-0.1, -0.05) is 17.7 Å². The molecule has 35 heavy (non-hydrogen) atoms. The molecule has 0 bridgehead atoms. The van der Waals surface area contributed by atoms with Crippen molar-refractivity contribution >= 4 is 46.0 Å². The Kier molecular flexibility index (Phi) is 5.47. The van der Waals surface area contributed by atoms with Crippen molar-refractivity contribution in [1.82, 2.24) is 25.4 Å². The zero-order valence-corrected chi connectivity index (χ0v) is 19.4. The summed E-state index contributed by atoms with van der Waals surface area (Å²) in [5.41, 5.74) is 1.29. The number of fused-ring (bicyclic) bond motifs is 3. The number of nitrogens with zero attached hydrogens (tertiary/aromatic N) is 4. The van der Waals surface area contributed by atoms with Gasteiger partial charge in [0.05, 0.1) is 29.4 Å². The minimum absolute atomic E-state index is 0.0532. The van der Waals surface area contributed by atoms with Gasteiger partial charge in [-0.25, -0.2) is 13.8 Å². The summed E-state index contributed by atoms with van der Waals surface area (Å²) in [5.74, 6) is -4.53. The molecule has 4 heterocycles. The summed E-state index contributed by atoms with van der Waals surface area (Å²) >= 11 is 6.52. The summed E-state index contributed by atoms with van der Waals surface area (Å²) in [7, 11) is 0. The third-order valence-electron chi connectivity index (χ3n) is 6.39. The van der Waals surface area contributed by atoms with Crippen molar-refractivity contribution in [3.63, 3.8) is 0 Å². The first kappa shape index (κ1) is 23.2. The number of aromatic nitrogens is 3. The molecular formula is C23H21ClF2N6O3. The molecule has 1 atom stereocenters. The number of halogens is 3. The molecule has 1 fully saturated rings. The minimum atomic E-state index is -3.08. The molecule has 1 saturated heterocycles. The third-order valence-corrected chi connectivity index (χ3v) is 6.70. The van der Waals surface area contributed by atoms with Gasteiger partial charge in [-0.2, -0.15) is 5.10 Å². The van der Waals surface area contributed by atoms with Crippen molar-refractivity contribution in [2.24, 2.45) is 0 Å². The lowest BCUT2D eigenvalue weighted by molar-refractivity contribution is -0.126. The van der Waals surface area contributed by atoms with Crippen LogP contribution in [-0.2, 0) is 15.0 Å². The lowest BCUT2D eigenvalue weighted by atomic mass is 9.81. The lowest BCUT2D eigenvalue weighted by Gasteiger charge is -2.25. The predicted octanol–water partition coefficient (Wildman–Crippen LogP) is 2.51. The number of pyridine rings is 1. The fourth-order valence-corrected chi connectivity index (χ4v) is 5.12. The van der Waals surface area contributed by atoms with E-state index in [4.69, 9.17) is 11.6 Å². The summed E-state index contributed by atoms with van der Waals surface area (Å²) < 4.78 is 26.3. The number of benzene rings is 1. The molecular weight excluding hydrogens is 482 g/mol. The maximum atomic E-state index is 13.7. The number of hydrogen-bond acceptors (Lipinski definition) is 5. The number of nitrogens with one attached hydrogen (secondary N) is 2. The van der Waals surface area contributed by atoms with Gasteiger partial charge >= 0.3 is 0 Å². The molecule has 3 aromatic rings. The van der Waals surface area contributed by atoms with Crippen LogP contribution in [0.15, 0.2) is 36.5 Å². The van der Waals surface area contributed by atoms with E-state index in [1.165, 1.54) is 11.1 Å². The van der Waals surface area contributed by atoms with Gasteiger partial charge < -0.3 is 15.1 Å². The van der Waals surface area contributed by atoms with Crippen molar-refractivity contribution in [3.05, 3.63) is 52.8 Å². The van der Waals surface area contributed by atoms with Crippen molar-refractivity contribution in [1.29, 1.82) is 0 Å². The van der Waals surface area contributed by atoms with Crippen LogP contribution < -0.4 is 10.2 Å². The highest BCUT2D eigenvalue weighted by Gasteiger charge is 2.56. The average molecular weight is 503 g/mol. The lowest BCUT2D eigenvalue weighted by Crippen LogP contribution is -2.47. The number of likely N-dealkylation sites (tertiary alicyclic amines) is 1. The highest BCUT2D eigenvalue weighted by Crippen LogP contribution is 2.50. The molecule has 0 saturated carbocycles. The first-order valence-electron chi connectivity index (χ1n) is 10.9. The topological polar surface area (TPSA) is 111 Å². The van der Waals surface area contributed by atoms with Crippen LogP contribution in [0.5, 0.6) is 0 Å². The van der Waals surface area contributed by atoms with E-state index in [1.54, 1.807) is 35.2 Å². The molecule has 1 unspecified atom stereocenters. The first-order valence-corrected chi connectivity index (χ1v) is 11.3. The summed E-state index contributed by atoms with van der Waals surface area (Å²) in [6.07, 6.45) is 1.82. The molecule has 1 spiro atoms. The second kappa shape index (κ2) is 8.26. The first-order chi connectivity index (χ1) is 16.6. The zero-order chi connectivity index (χ0) is 25.0. The number of aromatic amines is 1. The van der Waals surface area contributed by atoms with Gasteiger partial charge in [0.15, 0.2) is 0 Å². The Morgan fingerprint density at radius 3 is 2.86 bits per heavy atom. The number of anilines is 1. The second-order valence-corrected chi connectivity index (χ2v) is 9.34. The molecule has 2 aliphatic heterocycles. The van der Waals surface area contributed by atoms with Crippen molar-refractivity contribution < 1.29 is 23.2 Å². The molecule has 0 aliphatic carbocycles. The van der Waals surface area contributed by atoms with E-state index in [9.17, 15) is 23.2 Å². The number of carbonyl (C=O) groups is 3. The summed E-state index contributed by atoms with van der Waals surface area (Å²) in [5, 5.41) is 9.19. The van der Waals surface area contributed by atoms with Crippen LogP contribution >= 0.6 is 11.6 Å². The Hall–Kier alpha value is -3.60. The van der Waals surface area contributed by atoms with E-state index < -0.39 is 36.2 Å². The summed E-state index contributed by atoms with van der Waals surface area (Å²) in [6, 6.07) is 8.26. The highest BCUT2D eigenvalue weighted by atomic mass is 35.5. The molecule has 2 aromatic heterocycles. The van der Waals surface area contributed by atoms with E-state index in [1.807, 2.05) is 0 Å².